The fourth-order valence-corrected chi connectivity index (χ4v) is 5.29. The zero-order valence-electron chi connectivity index (χ0n) is 18.2. The van der Waals surface area contributed by atoms with E-state index in [1.807, 2.05) is 42.2 Å². The first kappa shape index (κ1) is 20.4. The van der Waals surface area contributed by atoms with Gasteiger partial charge in [0.05, 0.1) is 5.60 Å². The summed E-state index contributed by atoms with van der Waals surface area (Å²) in [7, 11) is 0. The van der Waals surface area contributed by atoms with Gasteiger partial charge in [0.2, 0.25) is 0 Å². The molecule has 2 N–H and O–H groups in total. The van der Waals surface area contributed by atoms with Crippen LogP contribution in [0.4, 0.5) is 4.79 Å². The van der Waals surface area contributed by atoms with Crippen LogP contribution in [0.25, 0.3) is 10.9 Å². The van der Waals surface area contributed by atoms with Crippen LogP contribution in [0.2, 0.25) is 0 Å². The van der Waals surface area contributed by atoms with Gasteiger partial charge in [0.25, 0.3) is 5.91 Å². The quantitative estimate of drug-likeness (QED) is 0.788. The molecule has 7 heteroatoms. The third kappa shape index (κ3) is 4.03. The minimum atomic E-state index is -0.222. The Kier molecular flexibility index (Phi) is 5.38. The normalized spacial score (nSPS) is 23.1. The maximum atomic E-state index is 13.1. The molecule has 166 valence electrons. The van der Waals surface area contributed by atoms with E-state index in [1.165, 1.54) is 0 Å². The molecule has 1 aromatic carbocycles. The predicted molar refractivity (Wildman–Crippen MR) is 119 cm³/mol. The van der Waals surface area contributed by atoms with Gasteiger partial charge in [0.1, 0.15) is 5.69 Å². The number of nitrogens with one attached hydrogen (secondary N) is 2. The van der Waals surface area contributed by atoms with Gasteiger partial charge >= 0.3 is 6.03 Å². The predicted octanol–water partition coefficient (Wildman–Crippen LogP) is 3.52. The third-order valence-electron chi connectivity index (χ3n) is 7.09. The van der Waals surface area contributed by atoms with Crippen LogP contribution in [0.3, 0.4) is 0 Å². The van der Waals surface area contributed by atoms with Gasteiger partial charge in [-0.3, -0.25) is 4.79 Å². The van der Waals surface area contributed by atoms with Crippen molar-refractivity contribution in [2.75, 3.05) is 26.2 Å². The number of urea groups is 1. The average Bonchev–Trinajstić information content (AvgIpc) is 3.50. The van der Waals surface area contributed by atoms with Gasteiger partial charge in [-0.2, -0.15) is 0 Å². The van der Waals surface area contributed by atoms with Gasteiger partial charge in [-0.25, -0.2) is 4.79 Å². The lowest BCUT2D eigenvalue weighted by atomic mass is 9.81. The number of fused-ring (bicyclic) bond motifs is 1. The Morgan fingerprint density at radius 3 is 2.68 bits per heavy atom. The second-order valence-electron chi connectivity index (χ2n) is 9.21. The molecule has 2 saturated heterocycles. The van der Waals surface area contributed by atoms with E-state index in [4.69, 9.17) is 4.74 Å². The summed E-state index contributed by atoms with van der Waals surface area (Å²) in [5.41, 5.74) is 1.42. The van der Waals surface area contributed by atoms with Gasteiger partial charge in [-0.1, -0.05) is 18.2 Å². The smallest absolute Gasteiger partial charge is 0.317 e. The van der Waals surface area contributed by atoms with E-state index in [0.29, 0.717) is 38.0 Å². The first-order chi connectivity index (χ1) is 15.1. The van der Waals surface area contributed by atoms with Crippen molar-refractivity contribution in [3.05, 3.63) is 36.0 Å². The summed E-state index contributed by atoms with van der Waals surface area (Å²) in [6.07, 6.45) is 5.62. The molecule has 31 heavy (non-hydrogen) atoms. The number of carbonyl (C=O) groups is 2. The van der Waals surface area contributed by atoms with Crippen LogP contribution >= 0.6 is 0 Å². The number of amides is 3. The number of aromatic amines is 1. The minimum absolute atomic E-state index is 0.0559. The Balaban J connectivity index is 1.24. The molecule has 2 aromatic rings. The highest BCUT2D eigenvalue weighted by Gasteiger charge is 2.46. The molecule has 1 spiro atoms. The van der Waals surface area contributed by atoms with Crippen molar-refractivity contribution in [1.82, 2.24) is 20.1 Å². The Labute approximate surface area is 183 Å². The molecule has 3 fully saturated rings. The molecule has 3 heterocycles. The Bertz CT molecular complexity index is 926. The number of piperidine rings is 1. The Morgan fingerprint density at radius 2 is 1.97 bits per heavy atom. The third-order valence-corrected chi connectivity index (χ3v) is 7.09. The maximum absolute atomic E-state index is 13.1. The van der Waals surface area contributed by atoms with Crippen molar-refractivity contribution >= 4 is 22.8 Å². The van der Waals surface area contributed by atoms with Crippen LogP contribution in [0, 0.1) is 0 Å². The monoisotopic (exact) mass is 424 g/mol. The molecule has 3 aliphatic rings. The summed E-state index contributed by atoms with van der Waals surface area (Å²) in [6.45, 7) is 4.68. The van der Waals surface area contributed by atoms with Crippen molar-refractivity contribution in [3.8, 4) is 0 Å². The van der Waals surface area contributed by atoms with E-state index < -0.39 is 0 Å². The highest BCUT2D eigenvalue weighted by atomic mass is 16.5. The molecule has 1 saturated carbocycles. The van der Waals surface area contributed by atoms with Gasteiger partial charge in [-0.15, -0.1) is 0 Å². The molecular weight excluding hydrogens is 392 g/mol. The number of nitrogens with zero attached hydrogens (tertiary/aromatic N) is 2. The van der Waals surface area contributed by atoms with E-state index in [0.717, 1.165) is 49.4 Å². The lowest BCUT2D eigenvalue weighted by Crippen LogP contribution is -2.57. The van der Waals surface area contributed by atoms with Crippen molar-refractivity contribution in [2.45, 2.75) is 63.1 Å². The van der Waals surface area contributed by atoms with Crippen LogP contribution in [0.1, 0.15) is 55.9 Å². The summed E-state index contributed by atoms with van der Waals surface area (Å²) in [4.78, 5) is 33.0. The van der Waals surface area contributed by atoms with Crippen molar-refractivity contribution in [3.63, 3.8) is 0 Å². The van der Waals surface area contributed by atoms with Crippen molar-refractivity contribution in [1.29, 1.82) is 0 Å². The molecular formula is C24H32N4O3. The molecule has 0 radical (unpaired) electrons. The number of aromatic nitrogens is 1. The number of likely N-dealkylation sites (tertiary alicyclic amines) is 1. The number of hydrogen-bond donors (Lipinski definition) is 2. The summed E-state index contributed by atoms with van der Waals surface area (Å²) < 4.78 is 6.30. The lowest BCUT2D eigenvalue weighted by Gasteiger charge is -2.48. The number of hydrogen-bond acceptors (Lipinski definition) is 3. The lowest BCUT2D eigenvalue weighted by molar-refractivity contribution is -0.126. The molecule has 5 rings (SSSR count). The molecule has 3 amide bonds. The molecule has 1 aromatic heterocycles. The van der Waals surface area contributed by atoms with Crippen LogP contribution in [0.5, 0.6) is 0 Å². The van der Waals surface area contributed by atoms with Crippen molar-refractivity contribution in [2.24, 2.45) is 0 Å². The highest BCUT2D eigenvalue weighted by molar-refractivity contribution is 5.98. The minimum Gasteiger partial charge on any atom is -0.375 e. The van der Waals surface area contributed by atoms with Crippen LogP contribution in [-0.4, -0.2) is 70.6 Å². The standard InChI is InChI=1S/C24H32N4O3/c1-2-25-23(30)28(18-7-8-18)19-9-14-31-24(16-19)10-12-27(13-11-24)22(29)21-15-17-5-3-4-6-20(17)26-21/h3-6,15,18-19,26H,2,7-14,16H2,1H3,(H,25,30). The van der Waals surface area contributed by atoms with Crippen LogP contribution < -0.4 is 5.32 Å². The zero-order valence-corrected chi connectivity index (χ0v) is 18.2. The second kappa shape index (κ2) is 8.19. The van der Waals surface area contributed by atoms with E-state index >= 15 is 0 Å². The number of H-pyrrole nitrogens is 1. The Morgan fingerprint density at radius 1 is 1.19 bits per heavy atom. The summed E-state index contributed by atoms with van der Waals surface area (Å²) in [5.74, 6) is 0.0559. The number of para-hydroxylation sites is 1. The van der Waals surface area contributed by atoms with Crippen molar-refractivity contribution < 1.29 is 14.3 Å². The maximum Gasteiger partial charge on any atom is 0.317 e. The fraction of sp³-hybridized carbons (Fsp3) is 0.583. The topological polar surface area (TPSA) is 77.7 Å². The van der Waals surface area contributed by atoms with Gasteiger partial charge in [0, 0.05) is 49.2 Å². The number of rotatable bonds is 4. The van der Waals surface area contributed by atoms with E-state index in [9.17, 15) is 9.59 Å². The largest absolute Gasteiger partial charge is 0.375 e. The highest BCUT2D eigenvalue weighted by Crippen LogP contribution is 2.40. The molecule has 1 aliphatic carbocycles. The molecule has 1 unspecified atom stereocenters. The average molecular weight is 425 g/mol. The number of benzene rings is 1. The first-order valence-electron chi connectivity index (χ1n) is 11.7. The van der Waals surface area contributed by atoms with Gasteiger partial charge in [-0.05, 0) is 57.6 Å². The first-order valence-corrected chi connectivity index (χ1v) is 11.7. The number of ether oxygens (including phenoxy) is 1. The van der Waals surface area contributed by atoms with E-state index in [-0.39, 0.29) is 23.6 Å². The van der Waals surface area contributed by atoms with Crippen LogP contribution in [0.15, 0.2) is 30.3 Å². The molecule has 1 atom stereocenters. The SMILES string of the molecule is CCNC(=O)N(C1CC1)C1CCOC2(CCN(C(=O)c3cc4ccccc4[nH]3)CC2)C1. The van der Waals surface area contributed by atoms with Crippen LogP contribution in [-0.2, 0) is 4.74 Å². The summed E-state index contributed by atoms with van der Waals surface area (Å²) in [5, 5.41) is 4.06. The second-order valence-corrected chi connectivity index (χ2v) is 9.21. The van der Waals surface area contributed by atoms with Gasteiger partial charge < -0.3 is 24.8 Å². The van der Waals surface area contributed by atoms with E-state index in [1.54, 1.807) is 0 Å². The molecule has 0 bridgehead atoms. The summed E-state index contributed by atoms with van der Waals surface area (Å²) >= 11 is 0. The molecule has 7 nitrogen and oxygen atoms in total. The summed E-state index contributed by atoms with van der Waals surface area (Å²) in [6, 6.07) is 10.6. The number of carbonyl (C=O) groups excluding carboxylic acids is 2. The molecule has 2 aliphatic heterocycles. The Hall–Kier alpha value is -2.54. The fourth-order valence-electron chi connectivity index (χ4n) is 5.29. The van der Waals surface area contributed by atoms with Gasteiger partial charge in [0.15, 0.2) is 0 Å². The zero-order chi connectivity index (χ0) is 21.4. The van der Waals surface area contributed by atoms with E-state index in [2.05, 4.69) is 15.2 Å².